The normalized spacial score (nSPS) is 11.2. The van der Waals surface area contributed by atoms with Crippen LogP contribution in [0.15, 0.2) is 74.7 Å². The Morgan fingerprint density at radius 3 is 2.68 bits per heavy atom. The van der Waals surface area contributed by atoms with Crippen molar-refractivity contribution in [2.45, 2.75) is 13.5 Å². The number of hydrogen-bond donors (Lipinski definition) is 1. The molecule has 0 aliphatic rings. The van der Waals surface area contributed by atoms with Crippen molar-refractivity contribution in [2.24, 2.45) is 5.10 Å². The molecule has 3 aromatic carbocycles. The van der Waals surface area contributed by atoms with Crippen molar-refractivity contribution >= 4 is 73.2 Å². The number of rotatable bonds is 8. The quantitative estimate of drug-likeness (QED) is 0.124. The highest BCUT2D eigenvalue weighted by Gasteiger charge is 2.13. The highest BCUT2D eigenvalue weighted by molar-refractivity contribution is 14.1. The number of amides is 1. The minimum atomic E-state index is -0.443. The van der Waals surface area contributed by atoms with Gasteiger partial charge in [-0.05, 0) is 105 Å². The van der Waals surface area contributed by atoms with Crippen LogP contribution >= 0.6 is 50.1 Å². The van der Waals surface area contributed by atoms with E-state index in [2.05, 4.69) is 49.0 Å². The largest absolute Gasteiger partial charge is 0.494 e. The summed E-state index contributed by atoms with van der Waals surface area (Å²) in [5.41, 5.74) is 4.91. The van der Waals surface area contributed by atoms with Crippen LogP contribution in [0.2, 0.25) is 5.02 Å². The van der Waals surface area contributed by atoms with Crippen molar-refractivity contribution in [2.75, 3.05) is 6.61 Å². The minimum absolute atomic E-state index is 0.169. The Kier molecular flexibility index (Phi) is 8.12. The third kappa shape index (κ3) is 6.11. The van der Waals surface area contributed by atoms with Gasteiger partial charge in [0.05, 0.1) is 20.9 Å². The molecular formula is C25H19BrClIN2O4. The lowest BCUT2D eigenvalue weighted by Crippen LogP contribution is -2.16. The summed E-state index contributed by atoms with van der Waals surface area (Å²) in [4.78, 5) is 12.5. The summed E-state index contributed by atoms with van der Waals surface area (Å²) < 4.78 is 18.7. The Morgan fingerprint density at radius 1 is 1.15 bits per heavy atom. The summed E-state index contributed by atoms with van der Waals surface area (Å²) in [5.74, 6) is 1.18. The number of carbonyl (C=O) groups excluding carboxylic acids is 1. The van der Waals surface area contributed by atoms with Crippen molar-refractivity contribution in [1.29, 1.82) is 0 Å². The van der Waals surface area contributed by atoms with Gasteiger partial charge in [0.2, 0.25) is 0 Å². The van der Waals surface area contributed by atoms with E-state index < -0.39 is 5.91 Å². The number of nitrogens with zero attached hydrogens (tertiary/aromatic N) is 1. The smallest absolute Gasteiger partial charge is 0.307 e. The van der Waals surface area contributed by atoms with Gasteiger partial charge in [-0.1, -0.05) is 23.7 Å². The number of nitrogens with one attached hydrogen (secondary N) is 1. The molecule has 0 fully saturated rings. The van der Waals surface area contributed by atoms with E-state index in [0.717, 1.165) is 36.1 Å². The summed E-state index contributed by atoms with van der Waals surface area (Å²) in [5, 5.41) is 5.53. The Hall–Kier alpha value is -2.56. The van der Waals surface area contributed by atoms with Gasteiger partial charge in [-0.3, -0.25) is 4.79 Å². The van der Waals surface area contributed by atoms with E-state index in [1.807, 2.05) is 49.4 Å². The number of hydrogen-bond acceptors (Lipinski definition) is 5. The summed E-state index contributed by atoms with van der Waals surface area (Å²) in [6, 6.07) is 18.4. The first-order valence-corrected chi connectivity index (χ1v) is 12.5. The van der Waals surface area contributed by atoms with Crippen molar-refractivity contribution in [1.82, 2.24) is 5.43 Å². The zero-order valence-corrected chi connectivity index (χ0v) is 22.5. The van der Waals surface area contributed by atoms with E-state index >= 15 is 0 Å². The second-order valence-corrected chi connectivity index (χ2v) is 9.62. The average molecular weight is 654 g/mol. The molecule has 4 aromatic rings. The SMILES string of the molecule is CCOc1ccc2oc(C(=O)N/N=C/c3cc(Br)c(OCc4ccc(Cl)cc4)c(I)c3)cc2c1. The van der Waals surface area contributed by atoms with Gasteiger partial charge in [0, 0.05) is 10.4 Å². The maximum absolute atomic E-state index is 12.5. The summed E-state index contributed by atoms with van der Waals surface area (Å²) in [7, 11) is 0. The molecule has 1 heterocycles. The van der Waals surface area contributed by atoms with Crippen molar-refractivity contribution in [3.05, 3.63) is 90.6 Å². The van der Waals surface area contributed by atoms with Gasteiger partial charge in [0.15, 0.2) is 5.76 Å². The average Bonchev–Trinajstić information content (AvgIpc) is 3.23. The van der Waals surface area contributed by atoms with Gasteiger partial charge in [-0.2, -0.15) is 5.10 Å². The molecule has 0 radical (unpaired) electrons. The molecule has 1 amide bonds. The molecule has 4 rings (SSSR count). The monoisotopic (exact) mass is 652 g/mol. The van der Waals surface area contributed by atoms with Crippen molar-refractivity contribution in [3.8, 4) is 11.5 Å². The molecule has 174 valence electrons. The van der Waals surface area contributed by atoms with Gasteiger partial charge in [-0.25, -0.2) is 5.43 Å². The molecule has 6 nitrogen and oxygen atoms in total. The third-order valence-electron chi connectivity index (χ3n) is 4.72. The van der Waals surface area contributed by atoms with Crippen LogP contribution in [-0.2, 0) is 6.61 Å². The maximum atomic E-state index is 12.5. The van der Waals surface area contributed by atoms with E-state index in [1.54, 1.807) is 24.4 Å². The van der Waals surface area contributed by atoms with Crippen LogP contribution in [0.5, 0.6) is 11.5 Å². The fourth-order valence-electron chi connectivity index (χ4n) is 3.14. The first kappa shape index (κ1) is 24.6. The molecule has 1 aromatic heterocycles. The molecule has 9 heteroatoms. The van der Waals surface area contributed by atoms with Crippen molar-refractivity contribution < 1.29 is 18.7 Å². The molecule has 0 bridgehead atoms. The number of ether oxygens (including phenoxy) is 2. The van der Waals surface area contributed by atoms with E-state index in [9.17, 15) is 4.79 Å². The summed E-state index contributed by atoms with van der Waals surface area (Å²) in [6.07, 6.45) is 1.56. The Morgan fingerprint density at radius 2 is 1.94 bits per heavy atom. The van der Waals surface area contributed by atoms with E-state index in [4.69, 9.17) is 25.5 Å². The number of furan rings is 1. The van der Waals surface area contributed by atoms with Crippen LogP contribution in [0.4, 0.5) is 0 Å². The van der Waals surface area contributed by atoms with Gasteiger partial charge >= 0.3 is 5.91 Å². The van der Waals surface area contributed by atoms with Crippen LogP contribution in [0, 0.1) is 3.57 Å². The molecule has 0 aliphatic carbocycles. The van der Waals surface area contributed by atoms with Crippen LogP contribution in [-0.4, -0.2) is 18.7 Å². The molecule has 34 heavy (non-hydrogen) atoms. The number of hydrazone groups is 1. The van der Waals surface area contributed by atoms with Gasteiger partial charge in [0.1, 0.15) is 23.7 Å². The predicted molar refractivity (Wildman–Crippen MR) is 145 cm³/mol. The first-order chi connectivity index (χ1) is 16.4. The Balaban J connectivity index is 1.39. The van der Waals surface area contributed by atoms with Crippen molar-refractivity contribution in [3.63, 3.8) is 0 Å². The fraction of sp³-hybridized carbons (Fsp3) is 0.120. The highest BCUT2D eigenvalue weighted by Crippen LogP contribution is 2.32. The molecule has 0 atom stereocenters. The van der Waals surface area contributed by atoms with Gasteiger partial charge in [0.25, 0.3) is 0 Å². The van der Waals surface area contributed by atoms with Crippen LogP contribution in [0.1, 0.15) is 28.6 Å². The molecule has 1 N–H and O–H groups in total. The molecule has 0 spiro atoms. The van der Waals surface area contributed by atoms with Gasteiger partial charge in [-0.15, -0.1) is 0 Å². The topological polar surface area (TPSA) is 73.1 Å². The second-order valence-electron chi connectivity index (χ2n) is 7.17. The summed E-state index contributed by atoms with van der Waals surface area (Å²) in [6.45, 7) is 2.90. The number of fused-ring (bicyclic) bond motifs is 1. The lowest BCUT2D eigenvalue weighted by molar-refractivity contribution is 0.0929. The lowest BCUT2D eigenvalue weighted by atomic mass is 10.2. The molecule has 0 saturated carbocycles. The first-order valence-electron chi connectivity index (χ1n) is 10.3. The molecule has 0 aliphatic heterocycles. The number of carbonyl (C=O) groups is 1. The van der Waals surface area contributed by atoms with Crippen LogP contribution in [0.3, 0.4) is 0 Å². The standard InChI is InChI=1S/C25H19BrClIN2O4/c1-2-32-19-7-8-22-17(11-19)12-23(34-22)25(31)30-29-13-16-9-20(26)24(21(28)10-16)33-14-15-3-5-18(27)6-4-15/h3-13H,2,14H2,1H3,(H,30,31)/b29-13+. The second kappa shape index (κ2) is 11.2. The number of benzene rings is 3. The lowest BCUT2D eigenvalue weighted by Gasteiger charge is -2.11. The maximum Gasteiger partial charge on any atom is 0.307 e. The highest BCUT2D eigenvalue weighted by atomic mass is 127. The van der Waals surface area contributed by atoms with E-state index in [-0.39, 0.29) is 5.76 Å². The predicted octanol–water partition coefficient (Wildman–Crippen LogP) is 7.19. The Labute approximate surface area is 223 Å². The summed E-state index contributed by atoms with van der Waals surface area (Å²) >= 11 is 11.7. The minimum Gasteiger partial charge on any atom is -0.494 e. The Bertz CT molecular complexity index is 1330. The number of halogens is 3. The zero-order chi connectivity index (χ0) is 24.1. The van der Waals surface area contributed by atoms with Crippen LogP contribution in [0.25, 0.3) is 11.0 Å². The van der Waals surface area contributed by atoms with Crippen LogP contribution < -0.4 is 14.9 Å². The molecule has 0 saturated heterocycles. The zero-order valence-electron chi connectivity index (χ0n) is 18.0. The van der Waals surface area contributed by atoms with E-state index in [1.165, 1.54) is 0 Å². The third-order valence-corrected chi connectivity index (χ3v) is 6.36. The fourth-order valence-corrected chi connectivity index (χ4v) is 5.03. The van der Waals surface area contributed by atoms with Gasteiger partial charge < -0.3 is 13.9 Å². The molecule has 0 unspecified atom stereocenters. The van der Waals surface area contributed by atoms with E-state index in [0.29, 0.717) is 23.8 Å². The molecular weight excluding hydrogens is 635 g/mol.